The molecule has 4 N–H and O–H groups in total. The lowest BCUT2D eigenvalue weighted by atomic mass is 9.87. The van der Waals surface area contributed by atoms with Crippen LogP contribution in [0.1, 0.15) is 47.5 Å². The van der Waals surface area contributed by atoms with Gasteiger partial charge in [0.05, 0.1) is 18.4 Å². The normalized spacial score (nSPS) is 16.0. The van der Waals surface area contributed by atoms with E-state index < -0.39 is 42.0 Å². The maximum Gasteiger partial charge on any atom is 0.335 e. The van der Waals surface area contributed by atoms with E-state index in [4.69, 9.17) is 20.1 Å². The molecule has 0 saturated carbocycles. The summed E-state index contributed by atoms with van der Waals surface area (Å²) in [7, 11) is 0. The highest BCUT2D eigenvalue weighted by molar-refractivity contribution is 8.13. The number of aliphatic hydroxyl groups is 2. The number of hydrogen-bond acceptors (Lipinski definition) is 8. The summed E-state index contributed by atoms with van der Waals surface area (Å²) in [5.41, 5.74) is 0. The summed E-state index contributed by atoms with van der Waals surface area (Å²) in [4.78, 5) is 46.0. The Labute approximate surface area is 204 Å². The van der Waals surface area contributed by atoms with Gasteiger partial charge in [-0.2, -0.15) is 0 Å². The summed E-state index contributed by atoms with van der Waals surface area (Å²) in [6.45, 7) is 8.99. The molecule has 0 radical (unpaired) electrons. The summed E-state index contributed by atoms with van der Waals surface area (Å²) in [5.74, 6) is -5.96. The number of hydrogen-bond donors (Lipinski definition) is 4. The number of benzene rings is 1. The van der Waals surface area contributed by atoms with E-state index in [9.17, 15) is 24.3 Å². The Morgan fingerprint density at radius 2 is 1.32 bits per heavy atom. The van der Waals surface area contributed by atoms with Crippen LogP contribution in [0.3, 0.4) is 0 Å². The van der Waals surface area contributed by atoms with Crippen molar-refractivity contribution in [2.75, 3.05) is 6.61 Å². The number of ether oxygens (including phenoxy) is 1. The third kappa shape index (κ3) is 10.2. The van der Waals surface area contributed by atoms with Crippen LogP contribution in [0.2, 0.25) is 0 Å². The van der Waals surface area contributed by atoms with Gasteiger partial charge in [-0.25, -0.2) is 9.59 Å². The Bertz CT molecular complexity index is 784. The number of esters is 1. The van der Waals surface area contributed by atoms with Gasteiger partial charge in [-0.15, -0.1) is 0 Å². The molecule has 0 saturated heterocycles. The van der Waals surface area contributed by atoms with Crippen LogP contribution >= 0.6 is 11.8 Å². The van der Waals surface area contributed by atoms with Gasteiger partial charge in [0.1, 0.15) is 0 Å². The second-order valence-electron chi connectivity index (χ2n) is 7.87. The van der Waals surface area contributed by atoms with Gasteiger partial charge in [0.25, 0.3) is 0 Å². The molecule has 1 aromatic rings. The van der Waals surface area contributed by atoms with Crippen LogP contribution in [-0.4, -0.2) is 62.3 Å². The smallest absolute Gasteiger partial charge is 0.335 e. The van der Waals surface area contributed by atoms with E-state index >= 15 is 0 Å². The monoisotopic (exact) mass is 500 g/mol. The van der Waals surface area contributed by atoms with Crippen LogP contribution in [0, 0.1) is 23.7 Å². The summed E-state index contributed by atoms with van der Waals surface area (Å²) in [5, 5.41) is 36.1. The van der Waals surface area contributed by atoms with E-state index in [0.29, 0.717) is 12.8 Å². The van der Waals surface area contributed by atoms with Gasteiger partial charge in [0, 0.05) is 4.90 Å². The molecule has 0 bridgehead atoms. The van der Waals surface area contributed by atoms with Crippen molar-refractivity contribution in [3.63, 3.8) is 0 Å². The topological polar surface area (TPSA) is 158 Å². The van der Waals surface area contributed by atoms with Crippen LogP contribution in [0.15, 0.2) is 35.2 Å². The average Bonchev–Trinajstić information content (AvgIpc) is 2.79. The van der Waals surface area contributed by atoms with Crippen molar-refractivity contribution < 1.29 is 44.3 Å². The van der Waals surface area contributed by atoms with Crippen molar-refractivity contribution >= 4 is 34.8 Å². The van der Waals surface area contributed by atoms with Crippen molar-refractivity contribution in [3.8, 4) is 0 Å². The van der Waals surface area contributed by atoms with Crippen molar-refractivity contribution in [2.24, 2.45) is 23.7 Å². The van der Waals surface area contributed by atoms with Crippen molar-refractivity contribution in [3.05, 3.63) is 30.3 Å². The molecule has 0 aliphatic carbocycles. The van der Waals surface area contributed by atoms with Gasteiger partial charge in [-0.1, -0.05) is 70.5 Å². The van der Waals surface area contributed by atoms with Crippen LogP contribution in [0.4, 0.5) is 0 Å². The molecule has 0 aromatic heterocycles. The molecule has 1 aromatic carbocycles. The first-order chi connectivity index (χ1) is 15.9. The van der Waals surface area contributed by atoms with Crippen molar-refractivity contribution in [1.29, 1.82) is 0 Å². The molecule has 192 valence electrons. The Kier molecular flexibility index (Phi) is 15.1. The molecule has 1 rings (SSSR count). The number of aliphatic hydroxyl groups excluding tert-OH is 2. The lowest BCUT2D eigenvalue weighted by molar-refractivity contribution is -0.161. The van der Waals surface area contributed by atoms with Crippen molar-refractivity contribution in [1.82, 2.24) is 0 Å². The molecule has 0 fully saturated rings. The summed E-state index contributed by atoms with van der Waals surface area (Å²) < 4.78 is 4.83. The zero-order chi connectivity index (χ0) is 26.4. The molecule has 0 heterocycles. The second-order valence-corrected chi connectivity index (χ2v) is 8.95. The van der Waals surface area contributed by atoms with E-state index in [0.717, 1.165) is 16.7 Å². The first-order valence-electron chi connectivity index (χ1n) is 11.2. The maximum atomic E-state index is 12.5. The summed E-state index contributed by atoms with van der Waals surface area (Å²) >= 11 is 1.05. The summed E-state index contributed by atoms with van der Waals surface area (Å²) in [6.07, 6.45) is -2.03. The highest BCUT2D eigenvalue weighted by Gasteiger charge is 2.37. The van der Waals surface area contributed by atoms with E-state index in [2.05, 4.69) is 0 Å². The van der Waals surface area contributed by atoms with Gasteiger partial charge < -0.3 is 25.2 Å². The number of carboxylic acids is 2. The fourth-order valence-electron chi connectivity index (χ4n) is 3.07. The molecule has 6 atom stereocenters. The minimum atomic E-state index is -1.83. The number of thioether (sulfide) groups is 1. The largest absolute Gasteiger partial charge is 0.481 e. The van der Waals surface area contributed by atoms with Crippen LogP contribution in [0.5, 0.6) is 0 Å². The van der Waals surface area contributed by atoms with E-state index in [1.165, 1.54) is 0 Å². The van der Waals surface area contributed by atoms with Gasteiger partial charge in [-0.05, 0) is 30.9 Å². The minimum absolute atomic E-state index is 0.104. The van der Waals surface area contributed by atoms with E-state index in [1.807, 2.05) is 44.2 Å². The Balaban J connectivity index is 0.000000722. The molecule has 0 amide bonds. The first kappa shape index (κ1) is 31.6. The predicted octanol–water partition coefficient (Wildman–Crippen LogP) is 3.07. The number of carbonyl (C=O) groups excluding carboxylic acids is 2. The maximum absolute atomic E-state index is 12.5. The van der Waals surface area contributed by atoms with Crippen LogP contribution in [-0.2, 0) is 23.9 Å². The number of carbonyl (C=O) groups is 4. The average molecular weight is 501 g/mol. The van der Waals surface area contributed by atoms with Crippen molar-refractivity contribution in [2.45, 2.75) is 64.6 Å². The SMILES string of the molecule is CCOC(=O)[C@H](O)[C@@H](C(=O)Sc1ccccc1)[C@@H](C)CC.CC[C@H](C)[C@H](C(=O)O)[C@@H](O)C(=O)O. The summed E-state index contributed by atoms with van der Waals surface area (Å²) in [6, 6.07) is 9.21. The Morgan fingerprint density at radius 3 is 1.74 bits per heavy atom. The lowest BCUT2D eigenvalue weighted by Gasteiger charge is -2.25. The lowest BCUT2D eigenvalue weighted by Crippen LogP contribution is -2.39. The van der Waals surface area contributed by atoms with Gasteiger partial charge in [0.2, 0.25) is 0 Å². The van der Waals surface area contributed by atoms with E-state index in [1.54, 1.807) is 20.8 Å². The van der Waals surface area contributed by atoms with Gasteiger partial charge in [0.15, 0.2) is 17.3 Å². The van der Waals surface area contributed by atoms with E-state index in [-0.39, 0.29) is 23.6 Å². The zero-order valence-electron chi connectivity index (χ0n) is 20.2. The van der Waals surface area contributed by atoms with Gasteiger partial charge >= 0.3 is 17.9 Å². The van der Waals surface area contributed by atoms with Crippen LogP contribution < -0.4 is 0 Å². The minimum Gasteiger partial charge on any atom is -0.481 e. The number of aliphatic carboxylic acids is 2. The Hall–Kier alpha value is -2.43. The first-order valence-corrected chi connectivity index (χ1v) is 12.0. The molecule has 0 spiro atoms. The van der Waals surface area contributed by atoms with Crippen LogP contribution in [0.25, 0.3) is 0 Å². The zero-order valence-corrected chi connectivity index (χ0v) is 21.0. The highest BCUT2D eigenvalue weighted by atomic mass is 32.2. The number of carboxylic acid groups (broad SMARTS) is 2. The third-order valence-corrected chi connectivity index (χ3v) is 6.48. The standard InChI is InChI=1S/C16H22O4S.C8H14O5/c1-4-11(3)13(14(17)15(18)20-5-2)16(19)21-12-9-7-6-8-10-12;1-3-4(2)5(7(10)11)6(9)8(12)13/h6-11,13-14,17H,4-5H2,1-3H3;4-6,9H,3H2,1-2H3,(H,10,11)(H,12,13)/t11-,13-,14+;4-,5-,6+/m00/s1. The fourth-order valence-corrected chi connectivity index (χ4v) is 4.09. The Morgan fingerprint density at radius 1 is 0.824 bits per heavy atom. The molecule has 0 aliphatic heterocycles. The molecular weight excluding hydrogens is 464 g/mol. The predicted molar refractivity (Wildman–Crippen MR) is 127 cm³/mol. The number of rotatable bonds is 12. The molecule has 10 heteroatoms. The molecular formula is C24H36O9S. The second kappa shape index (κ2) is 16.2. The molecule has 34 heavy (non-hydrogen) atoms. The molecule has 0 unspecified atom stereocenters. The third-order valence-electron chi connectivity index (χ3n) is 5.49. The fraction of sp³-hybridized carbons (Fsp3) is 0.583. The highest BCUT2D eigenvalue weighted by Crippen LogP contribution is 2.30. The molecule has 0 aliphatic rings. The quantitative estimate of drug-likeness (QED) is 0.248. The van der Waals surface area contributed by atoms with Gasteiger partial charge in [-0.3, -0.25) is 9.59 Å². The molecule has 9 nitrogen and oxygen atoms in total.